The molecule has 0 radical (unpaired) electrons. The molecule has 0 spiro atoms. The van der Waals surface area contributed by atoms with Crippen LogP contribution in [0.1, 0.15) is 6.42 Å². The Balaban J connectivity index is 2.26. The molecule has 1 atom stereocenters. The number of nitrogens with one attached hydrogen (secondary N) is 1. The minimum absolute atomic E-state index is 0.685. The lowest BCUT2D eigenvalue weighted by molar-refractivity contribution is 0.324. The summed E-state index contributed by atoms with van der Waals surface area (Å²) in [5.74, 6) is 0. The Morgan fingerprint density at radius 1 is 1.42 bits per heavy atom. The molecule has 1 saturated heterocycles. The van der Waals surface area contributed by atoms with Gasteiger partial charge < -0.3 is 15.1 Å². The first-order chi connectivity index (χ1) is 5.68. The van der Waals surface area contributed by atoms with Gasteiger partial charge in [-0.1, -0.05) is 0 Å². The number of hydrogen-bond acceptors (Lipinski definition) is 3. The third-order valence-corrected chi connectivity index (χ3v) is 2.37. The quantitative estimate of drug-likeness (QED) is 0.623. The first kappa shape index (κ1) is 9.96. The zero-order chi connectivity index (χ0) is 8.97. The summed E-state index contributed by atoms with van der Waals surface area (Å²) in [5, 5.41) is 3.56. The van der Waals surface area contributed by atoms with E-state index in [1.807, 2.05) is 0 Å². The van der Waals surface area contributed by atoms with Crippen molar-refractivity contribution in [2.24, 2.45) is 0 Å². The van der Waals surface area contributed by atoms with Gasteiger partial charge in [0.2, 0.25) is 0 Å². The van der Waals surface area contributed by atoms with Crippen LogP contribution >= 0.6 is 0 Å². The lowest BCUT2D eigenvalue weighted by atomic mass is 10.2. The van der Waals surface area contributed by atoms with Crippen LogP contribution in [0, 0.1) is 0 Å². The fraction of sp³-hybridized carbons (Fsp3) is 1.00. The van der Waals surface area contributed by atoms with Crippen molar-refractivity contribution >= 4 is 0 Å². The molecule has 0 aromatic heterocycles. The third-order valence-electron chi connectivity index (χ3n) is 2.37. The summed E-state index contributed by atoms with van der Waals surface area (Å²) in [4.78, 5) is 4.64. The van der Waals surface area contributed by atoms with Crippen LogP contribution in [-0.2, 0) is 0 Å². The van der Waals surface area contributed by atoms with E-state index in [1.54, 1.807) is 0 Å². The van der Waals surface area contributed by atoms with Gasteiger partial charge in [-0.05, 0) is 34.1 Å². The number of hydrogen-bond donors (Lipinski definition) is 1. The van der Waals surface area contributed by atoms with Crippen molar-refractivity contribution in [2.75, 3.05) is 47.3 Å². The van der Waals surface area contributed by atoms with Gasteiger partial charge in [0, 0.05) is 25.7 Å². The molecule has 0 saturated carbocycles. The van der Waals surface area contributed by atoms with Gasteiger partial charge in [0.15, 0.2) is 0 Å². The molecule has 0 aliphatic carbocycles. The molecule has 12 heavy (non-hydrogen) atoms. The first-order valence-corrected chi connectivity index (χ1v) is 4.75. The fourth-order valence-electron chi connectivity index (χ4n) is 1.65. The lowest BCUT2D eigenvalue weighted by Gasteiger charge is -2.19. The molecule has 3 nitrogen and oxygen atoms in total. The van der Waals surface area contributed by atoms with Crippen LogP contribution in [0.4, 0.5) is 0 Å². The summed E-state index contributed by atoms with van der Waals surface area (Å²) in [7, 11) is 6.46. The van der Waals surface area contributed by atoms with Crippen LogP contribution in [0.5, 0.6) is 0 Å². The second-order valence-electron chi connectivity index (χ2n) is 4.01. The molecule has 72 valence electrons. The Bertz CT molecular complexity index is 125. The Labute approximate surface area is 75.7 Å². The summed E-state index contributed by atoms with van der Waals surface area (Å²) in [6, 6.07) is 0.685. The van der Waals surface area contributed by atoms with Crippen molar-refractivity contribution in [3.63, 3.8) is 0 Å². The van der Waals surface area contributed by atoms with Gasteiger partial charge in [-0.15, -0.1) is 0 Å². The molecule has 0 amide bonds. The minimum atomic E-state index is 0.685. The summed E-state index contributed by atoms with van der Waals surface area (Å²) in [5.41, 5.74) is 0. The molecular weight excluding hydrogens is 150 g/mol. The third kappa shape index (κ3) is 3.52. The Kier molecular flexibility index (Phi) is 3.98. The van der Waals surface area contributed by atoms with Crippen molar-refractivity contribution in [2.45, 2.75) is 12.5 Å². The van der Waals surface area contributed by atoms with Crippen LogP contribution < -0.4 is 5.32 Å². The first-order valence-electron chi connectivity index (χ1n) is 4.75. The van der Waals surface area contributed by atoms with Gasteiger partial charge in [0.05, 0.1) is 0 Å². The maximum atomic E-state index is 3.56. The van der Waals surface area contributed by atoms with E-state index in [1.165, 1.54) is 19.5 Å². The van der Waals surface area contributed by atoms with Gasteiger partial charge in [0.1, 0.15) is 0 Å². The molecule has 1 aliphatic heterocycles. The molecular formula is C9H21N3. The van der Waals surface area contributed by atoms with Gasteiger partial charge in [-0.3, -0.25) is 0 Å². The van der Waals surface area contributed by atoms with Crippen molar-refractivity contribution in [1.82, 2.24) is 15.1 Å². The van der Waals surface area contributed by atoms with Crippen LogP contribution in [0.25, 0.3) is 0 Å². The van der Waals surface area contributed by atoms with E-state index in [0.29, 0.717) is 6.04 Å². The molecule has 1 heterocycles. The molecule has 0 bridgehead atoms. The fourth-order valence-corrected chi connectivity index (χ4v) is 1.65. The summed E-state index contributed by atoms with van der Waals surface area (Å²) >= 11 is 0. The van der Waals surface area contributed by atoms with E-state index in [9.17, 15) is 0 Å². The van der Waals surface area contributed by atoms with Gasteiger partial charge >= 0.3 is 0 Å². The standard InChI is InChI=1S/C9H21N3/c1-11(2)8-9-4-6-12(3)7-5-10-9/h9-10H,4-8H2,1-3H3. The van der Waals surface area contributed by atoms with Crippen LogP contribution in [0.15, 0.2) is 0 Å². The maximum Gasteiger partial charge on any atom is 0.0207 e. The Hall–Kier alpha value is -0.120. The van der Waals surface area contributed by atoms with E-state index < -0.39 is 0 Å². The van der Waals surface area contributed by atoms with Gasteiger partial charge in [0.25, 0.3) is 0 Å². The van der Waals surface area contributed by atoms with Gasteiger partial charge in [-0.2, -0.15) is 0 Å². The largest absolute Gasteiger partial charge is 0.311 e. The lowest BCUT2D eigenvalue weighted by Crippen LogP contribution is -2.38. The number of nitrogens with zero attached hydrogens (tertiary/aromatic N) is 2. The smallest absolute Gasteiger partial charge is 0.0207 e. The predicted octanol–water partition coefficient (Wildman–Crippen LogP) is -0.158. The topological polar surface area (TPSA) is 18.5 Å². The Morgan fingerprint density at radius 2 is 2.17 bits per heavy atom. The molecule has 1 N–H and O–H groups in total. The van der Waals surface area contributed by atoms with E-state index in [4.69, 9.17) is 0 Å². The van der Waals surface area contributed by atoms with Crippen molar-refractivity contribution in [1.29, 1.82) is 0 Å². The second-order valence-corrected chi connectivity index (χ2v) is 4.01. The average Bonchev–Trinajstić information content (AvgIpc) is 2.15. The molecule has 1 aliphatic rings. The summed E-state index contributed by atoms with van der Waals surface area (Å²) in [6.45, 7) is 4.71. The molecule has 0 aromatic carbocycles. The number of likely N-dealkylation sites (N-methyl/N-ethyl adjacent to an activating group) is 2. The van der Waals surface area contributed by atoms with E-state index in [0.717, 1.165) is 13.1 Å². The average molecular weight is 171 g/mol. The highest BCUT2D eigenvalue weighted by Gasteiger charge is 2.13. The van der Waals surface area contributed by atoms with Crippen molar-refractivity contribution in [3.05, 3.63) is 0 Å². The Morgan fingerprint density at radius 3 is 2.83 bits per heavy atom. The van der Waals surface area contributed by atoms with Gasteiger partial charge in [-0.25, -0.2) is 0 Å². The highest BCUT2D eigenvalue weighted by Crippen LogP contribution is 2.00. The zero-order valence-electron chi connectivity index (χ0n) is 8.51. The highest BCUT2D eigenvalue weighted by atomic mass is 15.2. The monoisotopic (exact) mass is 171 g/mol. The van der Waals surface area contributed by atoms with Crippen LogP contribution in [0.2, 0.25) is 0 Å². The minimum Gasteiger partial charge on any atom is -0.311 e. The van der Waals surface area contributed by atoms with Crippen molar-refractivity contribution in [3.8, 4) is 0 Å². The SMILES string of the molecule is CN(C)CC1CCN(C)CCN1. The van der Waals surface area contributed by atoms with Crippen LogP contribution in [0.3, 0.4) is 0 Å². The second kappa shape index (κ2) is 4.80. The molecule has 1 unspecified atom stereocenters. The maximum absolute atomic E-state index is 3.56. The zero-order valence-corrected chi connectivity index (χ0v) is 8.51. The molecule has 3 heteroatoms. The summed E-state index contributed by atoms with van der Waals surface area (Å²) in [6.07, 6.45) is 1.27. The number of rotatable bonds is 2. The predicted molar refractivity (Wildman–Crippen MR) is 52.5 cm³/mol. The molecule has 0 aromatic rings. The van der Waals surface area contributed by atoms with Crippen LogP contribution in [-0.4, -0.2) is 63.2 Å². The van der Waals surface area contributed by atoms with Crippen molar-refractivity contribution < 1.29 is 0 Å². The van der Waals surface area contributed by atoms with E-state index in [2.05, 4.69) is 36.3 Å². The molecule has 1 fully saturated rings. The van der Waals surface area contributed by atoms with E-state index in [-0.39, 0.29) is 0 Å². The normalized spacial score (nSPS) is 27.5. The summed E-state index contributed by atoms with van der Waals surface area (Å²) < 4.78 is 0. The molecule has 1 rings (SSSR count). The van der Waals surface area contributed by atoms with E-state index >= 15 is 0 Å². The highest BCUT2D eigenvalue weighted by molar-refractivity contribution is 4.75.